The van der Waals surface area contributed by atoms with E-state index in [1.54, 1.807) is 24.3 Å². The van der Waals surface area contributed by atoms with E-state index in [-0.39, 0.29) is 44.4 Å². The number of likely N-dealkylation sites (tertiary alicyclic amines) is 1. The van der Waals surface area contributed by atoms with Crippen LogP contribution in [0.5, 0.6) is 0 Å². The normalized spacial score (nSPS) is 15.8. The van der Waals surface area contributed by atoms with Gasteiger partial charge in [0.1, 0.15) is 0 Å². The second-order valence-electron chi connectivity index (χ2n) is 6.02. The van der Waals surface area contributed by atoms with Crippen LogP contribution >= 0.6 is 0 Å². The number of nitrogens with one attached hydrogen (secondary N) is 2. The van der Waals surface area contributed by atoms with E-state index in [9.17, 15) is 22.8 Å². The van der Waals surface area contributed by atoms with Crippen LogP contribution in [0.4, 0.5) is 18.0 Å². The molecule has 5 nitrogen and oxygen atoms in total. The quantitative estimate of drug-likeness (QED) is 0.870. The van der Waals surface area contributed by atoms with Crippen LogP contribution in [0, 0.1) is 5.92 Å². The Labute approximate surface area is 144 Å². The number of alkyl halides is 3. The van der Waals surface area contributed by atoms with Gasteiger partial charge in [0.15, 0.2) is 0 Å². The summed E-state index contributed by atoms with van der Waals surface area (Å²) < 4.78 is 37.9. The molecule has 0 unspecified atom stereocenters. The molecule has 1 aliphatic rings. The first kappa shape index (κ1) is 19.1. The second-order valence-corrected chi connectivity index (χ2v) is 6.02. The Morgan fingerprint density at radius 1 is 1.20 bits per heavy atom. The van der Waals surface area contributed by atoms with Crippen molar-refractivity contribution in [3.63, 3.8) is 0 Å². The Morgan fingerprint density at radius 2 is 1.88 bits per heavy atom. The number of rotatable bonds is 4. The third-order valence-electron chi connectivity index (χ3n) is 4.22. The van der Waals surface area contributed by atoms with Gasteiger partial charge in [0.25, 0.3) is 5.91 Å². The van der Waals surface area contributed by atoms with Crippen molar-refractivity contribution < 1.29 is 22.8 Å². The summed E-state index contributed by atoms with van der Waals surface area (Å²) in [5.41, 5.74) is 1.25. The minimum Gasteiger partial charge on any atom is -0.352 e. The van der Waals surface area contributed by atoms with Crippen molar-refractivity contribution >= 4 is 11.9 Å². The molecule has 8 heteroatoms. The van der Waals surface area contributed by atoms with Crippen molar-refractivity contribution in [2.24, 2.45) is 5.92 Å². The molecule has 1 saturated heterocycles. The number of amides is 3. The molecule has 1 aromatic rings. The summed E-state index contributed by atoms with van der Waals surface area (Å²) in [7, 11) is 0. The van der Waals surface area contributed by atoms with Crippen molar-refractivity contribution in [3.8, 4) is 0 Å². The van der Waals surface area contributed by atoms with Gasteiger partial charge in [-0.15, -0.1) is 0 Å². The number of benzene rings is 1. The average Bonchev–Trinajstić information content (AvgIpc) is 2.59. The lowest BCUT2D eigenvalue weighted by Crippen LogP contribution is -2.46. The van der Waals surface area contributed by atoms with E-state index in [2.05, 4.69) is 10.6 Å². The summed E-state index contributed by atoms with van der Waals surface area (Å²) in [6.45, 7) is 2.74. The van der Waals surface area contributed by atoms with Crippen LogP contribution in [-0.2, 0) is 6.54 Å². The molecule has 0 saturated carbocycles. The highest BCUT2D eigenvalue weighted by Gasteiger charge is 2.41. The highest BCUT2D eigenvalue weighted by atomic mass is 19.4. The molecule has 3 amide bonds. The van der Waals surface area contributed by atoms with Crippen molar-refractivity contribution in [1.82, 2.24) is 15.5 Å². The van der Waals surface area contributed by atoms with Crippen molar-refractivity contribution in [3.05, 3.63) is 35.4 Å². The summed E-state index contributed by atoms with van der Waals surface area (Å²) in [5, 5.41) is 5.39. The average molecular weight is 357 g/mol. The van der Waals surface area contributed by atoms with Crippen LogP contribution in [0.2, 0.25) is 0 Å². The number of halogens is 3. The van der Waals surface area contributed by atoms with E-state index < -0.39 is 12.1 Å². The summed E-state index contributed by atoms with van der Waals surface area (Å²) in [4.78, 5) is 25.3. The Bertz CT molecular complexity index is 611. The molecule has 0 bridgehead atoms. The van der Waals surface area contributed by atoms with Crippen LogP contribution in [0.1, 0.15) is 35.7 Å². The standard InChI is InChI=1S/C17H22F3N3O2/c1-2-21-15(24)13-5-3-4-12(10-13)11-22-16(25)23-8-6-14(7-9-23)17(18,19)20/h3-5,10,14H,2,6-9,11H2,1H3,(H,21,24)(H,22,25). The molecule has 1 aromatic carbocycles. The predicted molar refractivity (Wildman–Crippen MR) is 87.0 cm³/mol. The molecule has 1 heterocycles. The molecule has 0 radical (unpaired) electrons. The zero-order valence-corrected chi connectivity index (χ0v) is 14.0. The topological polar surface area (TPSA) is 61.4 Å². The number of hydrogen-bond donors (Lipinski definition) is 2. The Hall–Kier alpha value is -2.25. The van der Waals surface area contributed by atoms with Gasteiger partial charge >= 0.3 is 12.2 Å². The van der Waals surface area contributed by atoms with Crippen LogP contribution in [0.15, 0.2) is 24.3 Å². The second kappa shape index (κ2) is 8.22. The summed E-state index contributed by atoms with van der Waals surface area (Å²) in [6, 6.07) is 6.48. The first-order valence-corrected chi connectivity index (χ1v) is 8.28. The van der Waals surface area contributed by atoms with Crippen LogP contribution < -0.4 is 10.6 Å². The Kier molecular flexibility index (Phi) is 6.27. The number of hydrogen-bond acceptors (Lipinski definition) is 2. The van der Waals surface area contributed by atoms with Gasteiger partial charge in [-0.25, -0.2) is 4.79 Å². The van der Waals surface area contributed by atoms with Gasteiger partial charge in [0.2, 0.25) is 0 Å². The molecular formula is C17H22F3N3O2. The highest BCUT2D eigenvalue weighted by Crippen LogP contribution is 2.34. The molecule has 0 spiro atoms. The number of carbonyl (C=O) groups is 2. The fraction of sp³-hybridized carbons (Fsp3) is 0.529. The van der Waals surface area contributed by atoms with Gasteiger partial charge in [-0.2, -0.15) is 13.2 Å². The first-order chi connectivity index (χ1) is 11.8. The minimum absolute atomic E-state index is 0.0659. The van der Waals surface area contributed by atoms with E-state index in [4.69, 9.17) is 0 Å². The van der Waals surface area contributed by atoms with E-state index in [0.29, 0.717) is 12.1 Å². The zero-order chi connectivity index (χ0) is 18.4. The summed E-state index contributed by atoms with van der Waals surface area (Å²) in [5.74, 6) is -1.52. The predicted octanol–water partition coefficient (Wildman–Crippen LogP) is 2.92. The van der Waals surface area contributed by atoms with E-state index in [1.807, 2.05) is 6.92 Å². The monoisotopic (exact) mass is 357 g/mol. The number of nitrogens with zero attached hydrogens (tertiary/aromatic N) is 1. The van der Waals surface area contributed by atoms with Gasteiger partial charge < -0.3 is 15.5 Å². The molecule has 1 fully saturated rings. The maximum atomic E-state index is 12.6. The van der Waals surface area contributed by atoms with Crippen LogP contribution in [-0.4, -0.2) is 42.6 Å². The number of urea groups is 1. The SMILES string of the molecule is CCNC(=O)c1cccc(CNC(=O)N2CCC(C(F)(F)F)CC2)c1. The van der Waals surface area contributed by atoms with Gasteiger partial charge in [-0.3, -0.25) is 4.79 Å². The Morgan fingerprint density at radius 3 is 2.48 bits per heavy atom. The minimum atomic E-state index is -4.19. The van der Waals surface area contributed by atoms with Gasteiger partial charge in [-0.05, 0) is 37.5 Å². The largest absolute Gasteiger partial charge is 0.391 e. The molecule has 25 heavy (non-hydrogen) atoms. The first-order valence-electron chi connectivity index (χ1n) is 8.28. The molecule has 138 valence electrons. The highest BCUT2D eigenvalue weighted by molar-refractivity contribution is 5.94. The lowest BCUT2D eigenvalue weighted by molar-refractivity contribution is -0.183. The van der Waals surface area contributed by atoms with E-state index >= 15 is 0 Å². The maximum Gasteiger partial charge on any atom is 0.391 e. The van der Waals surface area contributed by atoms with Gasteiger partial charge in [-0.1, -0.05) is 12.1 Å². The summed E-state index contributed by atoms with van der Waals surface area (Å²) in [6.07, 6.45) is -4.32. The molecular weight excluding hydrogens is 335 g/mol. The number of carbonyl (C=O) groups excluding carboxylic acids is 2. The van der Waals surface area contributed by atoms with Crippen molar-refractivity contribution in [1.29, 1.82) is 0 Å². The lowest BCUT2D eigenvalue weighted by atomic mass is 9.96. The number of piperidine rings is 1. The third-order valence-corrected chi connectivity index (χ3v) is 4.22. The van der Waals surface area contributed by atoms with Crippen LogP contribution in [0.3, 0.4) is 0 Å². The third kappa shape index (κ3) is 5.37. The maximum absolute atomic E-state index is 12.6. The van der Waals surface area contributed by atoms with E-state index in [1.165, 1.54) is 4.90 Å². The Balaban J connectivity index is 1.85. The zero-order valence-electron chi connectivity index (χ0n) is 14.0. The fourth-order valence-electron chi connectivity index (χ4n) is 2.78. The van der Waals surface area contributed by atoms with Crippen molar-refractivity contribution in [2.45, 2.75) is 32.5 Å². The molecule has 2 N–H and O–H groups in total. The van der Waals surface area contributed by atoms with Gasteiger partial charge in [0.05, 0.1) is 5.92 Å². The van der Waals surface area contributed by atoms with Gasteiger partial charge in [0, 0.05) is 31.7 Å². The molecule has 0 aliphatic carbocycles. The van der Waals surface area contributed by atoms with Crippen molar-refractivity contribution in [2.75, 3.05) is 19.6 Å². The molecule has 0 aromatic heterocycles. The fourth-order valence-corrected chi connectivity index (χ4v) is 2.78. The summed E-state index contributed by atoms with van der Waals surface area (Å²) >= 11 is 0. The van der Waals surface area contributed by atoms with Crippen LogP contribution in [0.25, 0.3) is 0 Å². The molecule has 0 atom stereocenters. The molecule has 2 rings (SSSR count). The smallest absolute Gasteiger partial charge is 0.352 e. The van der Waals surface area contributed by atoms with E-state index in [0.717, 1.165) is 5.56 Å². The lowest BCUT2D eigenvalue weighted by Gasteiger charge is -2.32. The molecule has 1 aliphatic heterocycles.